The zero-order valence-corrected chi connectivity index (χ0v) is 12.7. The molecule has 2 unspecified atom stereocenters. The Morgan fingerprint density at radius 1 is 1.40 bits per heavy atom. The number of hydrogen-bond donors (Lipinski definition) is 2. The minimum absolute atomic E-state index is 0.0149. The van der Waals surface area contributed by atoms with E-state index in [4.69, 9.17) is 4.74 Å². The second-order valence-electron chi connectivity index (χ2n) is 5.86. The summed E-state index contributed by atoms with van der Waals surface area (Å²) in [6.45, 7) is 8.74. The number of amides is 1. The zero-order chi connectivity index (χ0) is 14.8. The predicted molar refractivity (Wildman–Crippen MR) is 79.8 cm³/mol. The molecule has 0 saturated carbocycles. The average molecular weight is 276 g/mol. The lowest BCUT2D eigenvalue weighted by Crippen LogP contribution is -2.48. The molecule has 0 fully saturated rings. The van der Waals surface area contributed by atoms with E-state index in [1.54, 1.807) is 0 Å². The smallest absolute Gasteiger partial charge is 0.236 e. The monoisotopic (exact) mass is 276 g/mol. The fourth-order valence-corrected chi connectivity index (χ4v) is 2.55. The Hall–Kier alpha value is -1.55. The van der Waals surface area contributed by atoms with Crippen molar-refractivity contribution >= 4 is 5.91 Å². The highest BCUT2D eigenvalue weighted by Gasteiger charge is 2.41. The van der Waals surface area contributed by atoms with Crippen molar-refractivity contribution < 1.29 is 9.53 Å². The molecule has 1 amide bonds. The van der Waals surface area contributed by atoms with Gasteiger partial charge in [-0.15, -0.1) is 0 Å². The first kappa shape index (κ1) is 14.9. The van der Waals surface area contributed by atoms with E-state index in [-0.39, 0.29) is 23.6 Å². The van der Waals surface area contributed by atoms with E-state index in [9.17, 15) is 4.79 Å². The van der Waals surface area contributed by atoms with E-state index >= 15 is 0 Å². The van der Waals surface area contributed by atoms with Crippen LogP contribution in [-0.4, -0.2) is 24.1 Å². The van der Waals surface area contributed by atoms with E-state index in [2.05, 4.69) is 16.7 Å². The third kappa shape index (κ3) is 2.96. The van der Waals surface area contributed by atoms with Gasteiger partial charge in [-0.1, -0.05) is 25.1 Å². The molecule has 1 heterocycles. The molecule has 2 N–H and O–H groups in total. The fourth-order valence-electron chi connectivity index (χ4n) is 2.55. The summed E-state index contributed by atoms with van der Waals surface area (Å²) in [5.41, 5.74) is 0.760. The van der Waals surface area contributed by atoms with Crippen LogP contribution in [0.1, 0.15) is 45.7 Å². The van der Waals surface area contributed by atoms with Crippen LogP contribution in [0.2, 0.25) is 0 Å². The normalized spacial score (nSPS) is 20.9. The molecule has 0 saturated heterocycles. The van der Waals surface area contributed by atoms with Crippen molar-refractivity contribution in [1.29, 1.82) is 0 Å². The van der Waals surface area contributed by atoms with Crippen LogP contribution in [0.4, 0.5) is 0 Å². The van der Waals surface area contributed by atoms with Crippen molar-refractivity contribution in [3.05, 3.63) is 29.8 Å². The topological polar surface area (TPSA) is 50.4 Å². The molecular weight excluding hydrogens is 252 g/mol. The van der Waals surface area contributed by atoms with Crippen molar-refractivity contribution in [2.75, 3.05) is 6.54 Å². The highest BCUT2D eigenvalue weighted by atomic mass is 16.5. The Kier molecular flexibility index (Phi) is 4.33. The van der Waals surface area contributed by atoms with E-state index in [0.29, 0.717) is 6.54 Å². The summed E-state index contributed by atoms with van der Waals surface area (Å²) in [7, 11) is 0. The minimum atomic E-state index is -0.358. The number of hydrogen-bond acceptors (Lipinski definition) is 3. The van der Waals surface area contributed by atoms with Crippen molar-refractivity contribution in [2.24, 2.45) is 0 Å². The van der Waals surface area contributed by atoms with Gasteiger partial charge in [0, 0.05) is 12.1 Å². The second kappa shape index (κ2) is 5.83. The van der Waals surface area contributed by atoms with Gasteiger partial charge in [0.1, 0.15) is 11.4 Å². The summed E-state index contributed by atoms with van der Waals surface area (Å²) in [4.78, 5) is 12.0. The maximum Gasteiger partial charge on any atom is 0.236 e. The van der Waals surface area contributed by atoms with Crippen LogP contribution >= 0.6 is 0 Å². The van der Waals surface area contributed by atoms with Crippen LogP contribution in [0.5, 0.6) is 5.75 Å². The van der Waals surface area contributed by atoms with Crippen molar-refractivity contribution in [2.45, 2.75) is 51.8 Å². The van der Waals surface area contributed by atoms with Crippen LogP contribution in [0.25, 0.3) is 0 Å². The molecule has 1 aromatic rings. The van der Waals surface area contributed by atoms with Crippen LogP contribution in [0.15, 0.2) is 24.3 Å². The molecule has 4 nitrogen and oxygen atoms in total. The Bertz CT molecular complexity index is 485. The van der Waals surface area contributed by atoms with Crippen molar-refractivity contribution in [3.8, 4) is 5.75 Å². The molecule has 1 aromatic carbocycles. The van der Waals surface area contributed by atoms with Gasteiger partial charge >= 0.3 is 0 Å². The Morgan fingerprint density at radius 2 is 2.10 bits per heavy atom. The summed E-state index contributed by atoms with van der Waals surface area (Å²) < 4.78 is 5.97. The number of benzene rings is 1. The van der Waals surface area contributed by atoms with Gasteiger partial charge in [-0.25, -0.2) is 0 Å². The number of nitrogens with one attached hydrogen (secondary N) is 2. The standard InChI is InChI=1S/C16H24N2O2/c1-5-10-17-15(19)11(2)18-14-12-8-6-7-9-13(12)20-16(14,3)4/h6-9,11,14,18H,5,10H2,1-4H3,(H,17,19). The first-order valence-corrected chi connectivity index (χ1v) is 7.27. The molecule has 4 heteroatoms. The molecule has 110 valence electrons. The third-order valence-corrected chi connectivity index (χ3v) is 3.66. The molecular formula is C16H24N2O2. The fraction of sp³-hybridized carbons (Fsp3) is 0.562. The Balaban J connectivity index is 2.10. The van der Waals surface area contributed by atoms with Gasteiger partial charge in [0.05, 0.1) is 12.1 Å². The van der Waals surface area contributed by atoms with E-state index in [1.807, 2.05) is 45.9 Å². The van der Waals surface area contributed by atoms with Crippen LogP contribution in [0.3, 0.4) is 0 Å². The highest BCUT2D eigenvalue weighted by Crippen LogP contribution is 2.42. The molecule has 0 radical (unpaired) electrons. The summed E-state index contributed by atoms with van der Waals surface area (Å²) in [5.74, 6) is 0.934. The molecule has 0 spiro atoms. The molecule has 1 aliphatic heterocycles. The molecule has 0 aromatic heterocycles. The summed E-state index contributed by atoms with van der Waals surface area (Å²) >= 11 is 0. The Morgan fingerprint density at radius 3 is 2.80 bits per heavy atom. The minimum Gasteiger partial charge on any atom is -0.486 e. The second-order valence-corrected chi connectivity index (χ2v) is 5.86. The number of ether oxygens (including phenoxy) is 1. The van der Waals surface area contributed by atoms with Gasteiger partial charge in [-0.2, -0.15) is 0 Å². The van der Waals surface area contributed by atoms with Crippen LogP contribution < -0.4 is 15.4 Å². The third-order valence-electron chi connectivity index (χ3n) is 3.66. The van der Waals surface area contributed by atoms with Crippen molar-refractivity contribution in [3.63, 3.8) is 0 Å². The number of rotatable bonds is 5. The zero-order valence-electron chi connectivity index (χ0n) is 12.7. The summed E-state index contributed by atoms with van der Waals surface area (Å²) in [5, 5.41) is 6.31. The molecule has 20 heavy (non-hydrogen) atoms. The predicted octanol–water partition coefficient (Wildman–Crippen LogP) is 2.40. The molecule has 0 aliphatic carbocycles. The first-order valence-electron chi connectivity index (χ1n) is 7.27. The van der Waals surface area contributed by atoms with Gasteiger partial charge in [0.2, 0.25) is 5.91 Å². The lowest BCUT2D eigenvalue weighted by Gasteiger charge is -2.29. The molecule has 0 bridgehead atoms. The number of carbonyl (C=O) groups excluding carboxylic acids is 1. The maximum atomic E-state index is 12.0. The summed E-state index contributed by atoms with van der Waals surface area (Å²) in [6, 6.07) is 7.76. The maximum absolute atomic E-state index is 12.0. The van der Waals surface area contributed by atoms with Crippen LogP contribution in [-0.2, 0) is 4.79 Å². The SMILES string of the molecule is CCCNC(=O)C(C)NC1c2ccccc2OC1(C)C. The van der Waals surface area contributed by atoms with Crippen molar-refractivity contribution in [1.82, 2.24) is 10.6 Å². The quantitative estimate of drug-likeness (QED) is 0.868. The Labute approximate surface area is 120 Å². The average Bonchev–Trinajstić information content (AvgIpc) is 2.67. The first-order chi connectivity index (χ1) is 9.45. The van der Waals surface area contributed by atoms with Crippen LogP contribution in [0, 0.1) is 0 Å². The van der Waals surface area contributed by atoms with Gasteiger partial charge in [-0.05, 0) is 33.3 Å². The molecule has 1 aliphatic rings. The van der Waals surface area contributed by atoms with E-state index in [1.165, 1.54) is 0 Å². The molecule has 2 rings (SSSR count). The molecule has 2 atom stereocenters. The number of para-hydroxylation sites is 1. The lowest BCUT2D eigenvalue weighted by molar-refractivity contribution is -0.123. The number of carbonyl (C=O) groups is 1. The lowest BCUT2D eigenvalue weighted by atomic mass is 9.94. The van der Waals surface area contributed by atoms with Gasteiger partial charge < -0.3 is 10.1 Å². The van der Waals surface area contributed by atoms with Gasteiger partial charge in [0.15, 0.2) is 0 Å². The summed E-state index contributed by atoms with van der Waals surface area (Å²) in [6.07, 6.45) is 0.944. The van der Waals surface area contributed by atoms with Gasteiger partial charge in [0.25, 0.3) is 0 Å². The highest BCUT2D eigenvalue weighted by molar-refractivity contribution is 5.81. The number of fused-ring (bicyclic) bond motifs is 1. The van der Waals surface area contributed by atoms with E-state index in [0.717, 1.165) is 17.7 Å². The van der Waals surface area contributed by atoms with E-state index < -0.39 is 0 Å². The largest absolute Gasteiger partial charge is 0.486 e. The van der Waals surface area contributed by atoms with Gasteiger partial charge in [-0.3, -0.25) is 10.1 Å².